The molecular formula is C7H12N2S. The number of rotatable bonds is 4. The summed E-state index contributed by atoms with van der Waals surface area (Å²) >= 11 is 1.89. The normalized spacial score (nSPS) is 10.1. The highest BCUT2D eigenvalue weighted by molar-refractivity contribution is 7.98. The van der Waals surface area contributed by atoms with Crippen molar-refractivity contribution in [2.45, 2.75) is 13.0 Å². The summed E-state index contributed by atoms with van der Waals surface area (Å²) < 4.78 is 2.11. The van der Waals surface area contributed by atoms with Gasteiger partial charge in [-0.1, -0.05) is 0 Å². The van der Waals surface area contributed by atoms with Crippen LogP contribution in [0, 0.1) is 0 Å². The van der Waals surface area contributed by atoms with Gasteiger partial charge in [-0.2, -0.15) is 11.8 Å². The van der Waals surface area contributed by atoms with Gasteiger partial charge >= 0.3 is 0 Å². The Balaban J connectivity index is 2.15. The molecule has 1 aromatic heterocycles. The molecule has 0 aromatic carbocycles. The molecule has 0 fully saturated rings. The number of nitrogens with zero attached hydrogens (tertiary/aromatic N) is 2. The highest BCUT2D eigenvalue weighted by Gasteiger charge is 1.87. The first-order valence-electron chi connectivity index (χ1n) is 3.38. The summed E-state index contributed by atoms with van der Waals surface area (Å²) in [6, 6.07) is 0. The smallest absolute Gasteiger partial charge is 0.0945 e. The molecule has 0 radical (unpaired) electrons. The number of aromatic nitrogens is 2. The van der Waals surface area contributed by atoms with Gasteiger partial charge in [0.1, 0.15) is 0 Å². The Labute approximate surface area is 65.7 Å². The number of hydrogen-bond donors (Lipinski definition) is 0. The summed E-state index contributed by atoms with van der Waals surface area (Å²) in [6.45, 7) is 1.10. The van der Waals surface area contributed by atoms with Crippen molar-refractivity contribution >= 4 is 11.8 Å². The fraction of sp³-hybridized carbons (Fsp3) is 0.571. The van der Waals surface area contributed by atoms with Crippen LogP contribution in [0.25, 0.3) is 0 Å². The summed E-state index contributed by atoms with van der Waals surface area (Å²) in [4.78, 5) is 3.96. The Hall–Kier alpha value is -0.440. The molecule has 0 amide bonds. The molecule has 0 unspecified atom stereocenters. The van der Waals surface area contributed by atoms with Crippen molar-refractivity contribution in [2.24, 2.45) is 0 Å². The van der Waals surface area contributed by atoms with Gasteiger partial charge in [0.05, 0.1) is 6.33 Å². The van der Waals surface area contributed by atoms with Gasteiger partial charge in [-0.25, -0.2) is 4.98 Å². The SMILES string of the molecule is CSCCCn1ccnc1. The van der Waals surface area contributed by atoms with Crippen molar-refractivity contribution in [2.75, 3.05) is 12.0 Å². The molecule has 0 N–H and O–H groups in total. The minimum absolute atomic E-state index is 1.10. The average Bonchev–Trinajstić information content (AvgIpc) is 2.41. The maximum Gasteiger partial charge on any atom is 0.0945 e. The predicted octanol–water partition coefficient (Wildman–Crippen LogP) is 1.64. The highest BCUT2D eigenvalue weighted by atomic mass is 32.2. The lowest BCUT2D eigenvalue weighted by Crippen LogP contribution is -1.94. The van der Waals surface area contributed by atoms with Crippen molar-refractivity contribution in [3.8, 4) is 0 Å². The predicted molar refractivity (Wildman–Crippen MR) is 45.2 cm³/mol. The second-order valence-corrected chi connectivity index (χ2v) is 3.13. The molecule has 3 heteroatoms. The van der Waals surface area contributed by atoms with Crippen molar-refractivity contribution in [1.29, 1.82) is 0 Å². The van der Waals surface area contributed by atoms with Gasteiger partial charge in [0.2, 0.25) is 0 Å². The van der Waals surface area contributed by atoms with Crippen LogP contribution in [-0.2, 0) is 6.54 Å². The number of aryl methyl sites for hydroxylation is 1. The summed E-state index contributed by atoms with van der Waals surface area (Å²) in [5, 5.41) is 0. The van der Waals surface area contributed by atoms with Crippen molar-refractivity contribution < 1.29 is 0 Å². The van der Waals surface area contributed by atoms with E-state index in [2.05, 4.69) is 15.8 Å². The number of hydrogen-bond acceptors (Lipinski definition) is 2. The maximum absolute atomic E-state index is 3.96. The number of thioether (sulfide) groups is 1. The van der Waals surface area contributed by atoms with Crippen LogP contribution in [-0.4, -0.2) is 21.6 Å². The summed E-state index contributed by atoms with van der Waals surface area (Å²) in [7, 11) is 0. The standard InChI is InChI=1S/C7H12N2S/c1-10-6-2-4-9-5-3-8-7-9/h3,5,7H,2,4,6H2,1H3. The van der Waals surface area contributed by atoms with Crippen LogP contribution in [0.2, 0.25) is 0 Å². The molecule has 1 heterocycles. The van der Waals surface area contributed by atoms with E-state index in [1.807, 2.05) is 30.5 Å². The molecule has 1 rings (SSSR count). The second-order valence-electron chi connectivity index (χ2n) is 2.15. The van der Waals surface area contributed by atoms with Crippen molar-refractivity contribution in [3.05, 3.63) is 18.7 Å². The quantitative estimate of drug-likeness (QED) is 0.617. The Morgan fingerprint density at radius 2 is 2.50 bits per heavy atom. The molecule has 10 heavy (non-hydrogen) atoms. The zero-order valence-corrected chi connectivity index (χ0v) is 6.97. The minimum atomic E-state index is 1.10. The molecule has 0 spiro atoms. The minimum Gasteiger partial charge on any atom is -0.337 e. The van der Waals surface area contributed by atoms with Crippen molar-refractivity contribution in [1.82, 2.24) is 9.55 Å². The van der Waals surface area contributed by atoms with Gasteiger partial charge in [0.25, 0.3) is 0 Å². The van der Waals surface area contributed by atoms with Crippen LogP contribution in [0.15, 0.2) is 18.7 Å². The van der Waals surface area contributed by atoms with E-state index < -0.39 is 0 Å². The van der Waals surface area contributed by atoms with Gasteiger partial charge in [-0.05, 0) is 18.4 Å². The number of imidazole rings is 1. The Kier molecular flexibility index (Phi) is 3.36. The van der Waals surface area contributed by atoms with Crippen LogP contribution in [0.3, 0.4) is 0 Å². The first-order chi connectivity index (χ1) is 4.93. The summed E-state index contributed by atoms with van der Waals surface area (Å²) in [5.41, 5.74) is 0. The van der Waals surface area contributed by atoms with E-state index in [9.17, 15) is 0 Å². The van der Waals surface area contributed by atoms with Crippen molar-refractivity contribution in [3.63, 3.8) is 0 Å². The third-order valence-corrected chi connectivity index (χ3v) is 2.02. The molecule has 0 bridgehead atoms. The lowest BCUT2D eigenvalue weighted by Gasteiger charge is -1.98. The molecule has 0 atom stereocenters. The molecule has 56 valence electrons. The first-order valence-corrected chi connectivity index (χ1v) is 4.77. The Morgan fingerprint density at radius 3 is 3.10 bits per heavy atom. The molecule has 0 saturated carbocycles. The van der Waals surface area contributed by atoms with Crippen LogP contribution in [0.4, 0.5) is 0 Å². The van der Waals surface area contributed by atoms with Gasteiger partial charge in [-0.15, -0.1) is 0 Å². The fourth-order valence-electron chi connectivity index (χ4n) is 0.810. The summed E-state index contributed by atoms with van der Waals surface area (Å²) in [5.74, 6) is 1.23. The van der Waals surface area contributed by atoms with Crippen LogP contribution >= 0.6 is 11.8 Å². The fourth-order valence-corrected chi connectivity index (χ4v) is 1.23. The van der Waals surface area contributed by atoms with Gasteiger partial charge < -0.3 is 4.57 Å². The Morgan fingerprint density at radius 1 is 1.60 bits per heavy atom. The highest BCUT2D eigenvalue weighted by Crippen LogP contribution is 1.97. The molecule has 0 saturated heterocycles. The zero-order chi connectivity index (χ0) is 7.23. The van der Waals surface area contributed by atoms with E-state index in [1.165, 1.54) is 12.2 Å². The lowest BCUT2D eigenvalue weighted by molar-refractivity contribution is 0.683. The lowest BCUT2D eigenvalue weighted by atomic mass is 10.5. The molecule has 0 aliphatic heterocycles. The van der Waals surface area contributed by atoms with E-state index in [4.69, 9.17) is 0 Å². The van der Waals surface area contributed by atoms with E-state index >= 15 is 0 Å². The molecule has 0 aliphatic rings. The largest absolute Gasteiger partial charge is 0.337 e. The van der Waals surface area contributed by atoms with Gasteiger partial charge in [-0.3, -0.25) is 0 Å². The van der Waals surface area contributed by atoms with Gasteiger partial charge in [0.15, 0.2) is 0 Å². The Bertz CT molecular complexity index is 160. The average molecular weight is 156 g/mol. The molecule has 2 nitrogen and oxygen atoms in total. The topological polar surface area (TPSA) is 17.8 Å². The molecule has 1 aromatic rings. The van der Waals surface area contributed by atoms with Crippen LogP contribution in [0.5, 0.6) is 0 Å². The van der Waals surface area contributed by atoms with Crippen LogP contribution < -0.4 is 0 Å². The third kappa shape index (κ3) is 2.43. The van der Waals surface area contributed by atoms with Crippen LogP contribution in [0.1, 0.15) is 6.42 Å². The van der Waals surface area contributed by atoms with E-state index in [-0.39, 0.29) is 0 Å². The third-order valence-electron chi connectivity index (χ3n) is 1.32. The summed E-state index contributed by atoms with van der Waals surface area (Å²) in [6.07, 6.45) is 9.05. The van der Waals surface area contributed by atoms with E-state index in [0.29, 0.717) is 0 Å². The van der Waals surface area contributed by atoms with E-state index in [0.717, 1.165) is 6.54 Å². The molecule has 0 aliphatic carbocycles. The van der Waals surface area contributed by atoms with Gasteiger partial charge in [0, 0.05) is 18.9 Å². The van der Waals surface area contributed by atoms with E-state index in [1.54, 1.807) is 0 Å². The molecular weight excluding hydrogens is 144 g/mol. The first kappa shape index (κ1) is 7.66. The monoisotopic (exact) mass is 156 g/mol. The second kappa shape index (κ2) is 4.39. The zero-order valence-electron chi connectivity index (χ0n) is 6.16. The maximum atomic E-state index is 3.96.